The fourth-order valence-electron chi connectivity index (χ4n) is 3.00. The first-order valence-corrected chi connectivity index (χ1v) is 9.16. The molecule has 1 aliphatic heterocycles. The Morgan fingerprint density at radius 2 is 2.11 bits per heavy atom. The van der Waals surface area contributed by atoms with E-state index in [1.54, 1.807) is 42.3 Å². The summed E-state index contributed by atoms with van der Waals surface area (Å²) in [6.45, 7) is 4.63. The molecule has 0 unspecified atom stereocenters. The van der Waals surface area contributed by atoms with Gasteiger partial charge >= 0.3 is 0 Å². The van der Waals surface area contributed by atoms with Gasteiger partial charge in [0.25, 0.3) is 5.91 Å². The Morgan fingerprint density at radius 3 is 2.79 bits per heavy atom. The van der Waals surface area contributed by atoms with Crippen molar-refractivity contribution < 1.29 is 14.3 Å². The number of ether oxygens (including phenoxy) is 1. The van der Waals surface area contributed by atoms with Crippen LogP contribution in [-0.4, -0.2) is 47.9 Å². The number of methoxy groups -OCH3 is 1. The molecule has 0 radical (unpaired) electrons. The summed E-state index contributed by atoms with van der Waals surface area (Å²) in [7, 11) is 1.55. The van der Waals surface area contributed by atoms with Gasteiger partial charge in [0, 0.05) is 36.4 Å². The molecule has 1 aromatic carbocycles. The van der Waals surface area contributed by atoms with Crippen LogP contribution < -0.4 is 15.4 Å². The minimum absolute atomic E-state index is 0.0486. The van der Waals surface area contributed by atoms with Crippen molar-refractivity contribution in [2.75, 3.05) is 30.8 Å². The fraction of sp³-hybridized carbons (Fsp3) is 0.250. The van der Waals surface area contributed by atoms with Crippen LogP contribution in [0.2, 0.25) is 5.02 Å². The van der Waals surface area contributed by atoms with E-state index in [4.69, 9.17) is 16.3 Å². The topological polar surface area (TPSA) is 83.6 Å². The summed E-state index contributed by atoms with van der Waals surface area (Å²) >= 11 is 6.00. The highest BCUT2D eigenvalue weighted by Gasteiger charge is 2.27. The average Bonchev–Trinajstić information content (AvgIpc) is 3.17. The molecular weight excluding hydrogens is 380 g/mol. The summed E-state index contributed by atoms with van der Waals surface area (Å²) in [5.74, 6) is 0.865. The van der Waals surface area contributed by atoms with Crippen LogP contribution in [0.1, 0.15) is 16.8 Å². The van der Waals surface area contributed by atoms with Gasteiger partial charge in [0.2, 0.25) is 5.91 Å². The van der Waals surface area contributed by atoms with Gasteiger partial charge in [-0.25, -0.2) is 4.98 Å². The summed E-state index contributed by atoms with van der Waals surface area (Å²) in [5, 5.41) is 6.42. The molecule has 1 fully saturated rings. The standard InChI is InChI=1S/C20H21ClN4O3/c1-3-19(26)24-14-6-4-13(5-7-14)20(27)25-9-8-15(12-25)23-18-10-17(28-2)16(21)11-22-18/h3-7,10-11,15H,1,8-9,12H2,2H3,(H,22,23)(H,24,26)/t15-/m1/s1. The molecule has 1 aliphatic rings. The first-order valence-electron chi connectivity index (χ1n) is 8.79. The predicted octanol–water partition coefficient (Wildman–Crippen LogP) is 3.19. The molecule has 1 atom stereocenters. The Hall–Kier alpha value is -3.06. The van der Waals surface area contributed by atoms with Crippen molar-refractivity contribution in [3.63, 3.8) is 0 Å². The summed E-state index contributed by atoms with van der Waals surface area (Å²) < 4.78 is 5.20. The highest BCUT2D eigenvalue weighted by atomic mass is 35.5. The summed E-state index contributed by atoms with van der Waals surface area (Å²) in [6, 6.07) is 8.63. The molecule has 2 heterocycles. The smallest absolute Gasteiger partial charge is 0.253 e. The average molecular weight is 401 g/mol. The van der Waals surface area contributed by atoms with Crippen LogP contribution in [0.4, 0.5) is 11.5 Å². The number of carbonyl (C=O) groups excluding carboxylic acids is 2. The van der Waals surface area contributed by atoms with E-state index in [0.29, 0.717) is 40.9 Å². The number of hydrogen-bond donors (Lipinski definition) is 2. The lowest BCUT2D eigenvalue weighted by molar-refractivity contribution is -0.111. The number of benzene rings is 1. The van der Waals surface area contributed by atoms with E-state index < -0.39 is 0 Å². The largest absolute Gasteiger partial charge is 0.495 e. The Balaban J connectivity index is 1.59. The van der Waals surface area contributed by atoms with Crippen LogP contribution in [0.3, 0.4) is 0 Å². The van der Waals surface area contributed by atoms with Crippen molar-refractivity contribution in [1.29, 1.82) is 0 Å². The van der Waals surface area contributed by atoms with Gasteiger partial charge < -0.3 is 20.3 Å². The molecule has 3 rings (SSSR count). The monoisotopic (exact) mass is 400 g/mol. The maximum Gasteiger partial charge on any atom is 0.253 e. The van der Waals surface area contributed by atoms with Crippen molar-refractivity contribution in [3.8, 4) is 5.75 Å². The van der Waals surface area contributed by atoms with E-state index >= 15 is 0 Å². The molecule has 2 amide bonds. The Kier molecular flexibility index (Phi) is 6.16. The van der Waals surface area contributed by atoms with Gasteiger partial charge in [0.1, 0.15) is 16.6 Å². The van der Waals surface area contributed by atoms with E-state index in [2.05, 4.69) is 22.2 Å². The van der Waals surface area contributed by atoms with Crippen molar-refractivity contribution in [1.82, 2.24) is 9.88 Å². The quantitative estimate of drug-likeness (QED) is 0.727. The molecule has 0 saturated carbocycles. The van der Waals surface area contributed by atoms with Gasteiger partial charge in [-0.3, -0.25) is 9.59 Å². The predicted molar refractivity (Wildman–Crippen MR) is 109 cm³/mol. The number of nitrogens with zero attached hydrogens (tertiary/aromatic N) is 2. The zero-order chi connectivity index (χ0) is 20.1. The second-order valence-corrected chi connectivity index (χ2v) is 6.76. The molecule has 2 N–H and O–H groups in total. The zero-order valence-corrected chi connectivity index (χ0v) is 16.2. The summed E-state index contributed by atoms with van der Waals surface area (Å²) in [4.78, 5) is 30.1. The number of carbonyl (C=O) groups is 2. The van der Waals surface area contributed by atoms with Gasteiger partial charge in [0.05, 0.1) is 13.3 Å². The van der Waals surface area contributed by atoms with Crippen molar-refractivity contribution in [2.45, 2.75) is 12.5 Å². The minimum atomic E-state index is -0.292. The maximum absolute atomic E-state index is 12.7. The zero-order valence-electron chi connectivity index (χ0n) is 15.4. The number of hydrogen-bond acceptors (Lipinski definition) is 5. The van der Waals surface area contributed by atoms with E-state index in [1.807, 2.05) is 0 Å². The van der Waals surface area contributed by atoms with Crippen LogP contribution in [0.5, 0.6) is 5.75 Å². The first-order chi connectivity index (χ1) is 13.5. The number of amides is 2. The third-order valence-corrected chi connectivity index (χ3v) is 4.74. The number of rotatable bonds is 6. The molecule has 0 spiro atoms. The van der Waals surface area contributed by atoms with Gasteiger partial charge in [-0.05, 0) is 36.8 Å². The van der Waals surface area contributed by atoms with Gasteiger partial charge in [-0.2, -0.15) is 0 Å². The summed E-state index contributed by atoms with van der Waals surface area (Å²) in [6.07, 6.45) is 3.54. The highest BCUT2D eigenvalue weighted by molar-refractivity contribution is 6.31. The number of anilines is 2. The number of likely N-dealkylation sites (tertiary alicyclic amines) is 1. The van der Waals surface area contributed by atoms with Crippen LogP contribution >= 0.6 is 11.6 Å². The maximum atomic E-state index is 12.7. The lowest BCUT2D eigenvalue weighted by Crippen LogP contribution is -2.31. The van der Waals surface area contributed by atoms with Crippen molar-refractivity contribution >= 4 is 34.9 Å². The SMILES string of the molecule is C=CC(=O)Nc1ccc(C(=O)N2CC[C@@H](Nc3cc(OC)c(Cl)cn3)C2)cc1. The van der Waals surface area contributed by atoms with Crippen molar-refractivity contribution in [2.24, 2.45) is 0 Å². The van der Waals surface area contributed by atoms with Crippen LogP contribution in [-0.2, 0) is 4.79 Å². The lowest BCUT2D eigenvalue weighted by atomic mass is 10.2. The molecule has 0 bridgehead atoms. The van der Waals surface area contributed by atoms with Gasteiger partial charge in [0.15, 0.2) is 0 Å². The second-order valence-electron chi connectivity index (χ2n) is 6.36. The third-order valence-electron chi connectivity index (χ3n) is 4.45. The van der Waals surface area contributed by atoms with Gasteiger partial charge in [-0.1, -0.05) is 18.2 Å². The van der Waals surface area contributed by atoms with Crippen LogP contribution in [0.25, 0.3) is 0 Å². The van der Waals surface area contributed by atoms with E-state index in [0.717, 1.165) is 6.42 Å². The number of pyridine rings is 1. The third kappa shape index (κ3) is 4.61. The number of aromatic nitrogens is 1. The van der Waals surface area contributed by atoms with E-state index in [-0.39, 0.29) is 17.9 Å². The molecule has 1 aromatic heterocycles. The molecule has 8 heteroatoms. The first kappa shape index (κ1) is 19.7. The summed E-state index contributed by atoms with van der Waals surface area (Å²) in [5.41, 5.74) is 1.19. The molecule has 7 nitrogen and oxygen atoms in total. The molecule has 146 valence electrons. The normalized spacial score (nSPS) is 15.8. The van der Waals surface area contributed by atoms with Crippen molar-refractivity contribution in [3.05, 3.63) is 59.8 Å². The fourth-order valence-corrected chi connectivity index (χ4v) is 3.18. The van der Waals surface area contributed by atoms with Gasteiger partial charge in [-0.15, -0.1) is 0 Å². The van der Waals surface area contributed by atoms with Crippen LogP contribution in [0, 0.1) is 0 Å². The number of halogens is 1. The van der Waals surface area contributed by atoms with E-state index in [1.165, 1.54) is 12.3 Å². The van der Waals surface area contributed by atoms with E-state index in [9.17, 15) is 9.59 Å². The van der Waals surface area contributed by atoms with Crippen LogP contribution in [0.15, 0.2) is 49.2 Å². The Morgan fingerprint density at radius 1 is 1.36 bits per heavy atom. The molecule has 1 saturated heterocycles. The highest BCUT2D eigenvalue weighted by Crippen LogP contribution is 2.26. The Labute approximate surface area is 168 Å². The lowest BCUT2D eigenvalue weighted by Gasteiger charge is -2.18. The second kappa shape index (κ2) is 8.75. The Bertz CT molecular complexity index is 886. The molecule has 2 aromatic rings. The molecular formula is C20H21ClN4O3. The minimum Gasteiger partial charge on any atom is -0.495 e. The molecule has 0 aliphatic carbocycles. The number of nitrogens with one attached hydrogen (secondary N) is 2. The molecule has 28 heavy (non-hydrogen) atoms.